The van der Waals surface area contributed by atoms with Gasteiger partial charge in [-0.15, -0.1) is 0 Å². The number of benzene rings is 2. The van der Waals surface area contributed by atoms with E-state index in [-0.39, 0.29) is 17.4 Å². The predicted octanol–water partition coefficient (Wildman–Crippen LogP) is 3.43. The third-order valence-electron chi connectivity index (χ3n) is 7.35. The first-order chi connectivity index (χ1) is 16.0. The Morgan fingerprint density at radius 1 is 0.818 bits per heavy atom. The molecule has 0 atom stereocenters. The second kappa shape index (κ2) is 9.14. The summed E-state index contributed by atoms with van der Waals surface area (Å²) in [5.41, 5.74) is 3.10. The van der Waals surface area contributed by atoms with Crippen LogP contribution in [0.1, 0.15) is 57.5 Å². The average Bonchev–Trinajstić information content (AvgIpc) is 3.04. The highest BCUT2D eigenvalue weighted by molar-refractivity contribution is 5.95. The van der Waals surface area contributed by atoms with Crippen molar-refractivity contribution in [3.8, 4) is 5.75 Å². The number of rotatable bonds is 3. The fraction of sp³-hybridized carbons (Fsp3) is 0.462. The number of amides is 2. The monoisotopic (exact) mass is 451 g/mol. The number of hydrogen-bond acceptors (Lipinski definition) is 4. The molecule has 0 spiro atoms. The molecule has 2 amide bonds. The van der Waals surface area contributed by atoms with Gasteiger partial charge in [-0.3, -0.25) is 14.5 Å². The van der Waals surface area contributed by atoms with Gasteiger partial charge in [-0.05, 0) is 67.1 Å². The molecule has 1 saturated heterocycles. The highest BCUT2D eigenvalue weighted by Gasteiger charge is 2.29. The van der Waals surface area contributed by atoms with Crippen LogP contribution in [0.5, 0.6) is 5.75 Å². The summed E-state index contributed by atoms with van der Waals surface area (Å²) < 4.78 is 13.3. The Bertz CT molecular complexity index is 1070. The van der Waals surface area contributed by atoms with Crippen molar-refractivity contribution in [2.24, 2.45) is 0 Å². The Labute approximate surface area is 193 Å². The summed E-state index contributed by atoms with van der Waals surface area (Å²) in [6.07, 6.45) is 5.59. The van der Waals surface area contributed by atoms with Crippen molar-refractivity contribution in [2.45, 2.75) is 44.7 Å². The summed E-state index contributed by atoms with van der Waals surface area (Å²) >= 11 is 0. The van der Waals surface area contributed by atoms with Crippen LogP contribution in [-0.4, -0.2) is 70.4 Å². The summed E-state index contributed by atoms with van der Waals surface area (Å²) in [5.74, 6) is -1.41. The number of halogens is 1. The molecular weight excluding hydrogens is 421 g/mol. The lowest BCUT2D eigenvalue weighted by Gasteiger charge is -2.36. The number of nitrogens with zero attached hydrogens (tertiary/aromatic N) is 3. The van der Waals surface area contributed by atoms with Gasteiger partial charge in [0.25, 0.3) is 11.8 Å². The molecule has 3 aliphatic rings. The molecule has 5 rings (SSSR count). The summed E-state index contributed by atoms with van der Waals surface area (Å²) in [6, 6.07) is 10.2. The van der Waals surface area contributed by atoms with Gasteiger partial charge in [-0.2, -0.15) is 0 Å². The molecule has 2 aromatic rings. The maximum atomic E-state index is 13.3. The predicted molar refractivity (Wildman–Crippen MR) is 123 cm³/mol. The minimum absolute atomic E-state index is 0.0913. The quantitative estimate of drug-likeness (QED) is 0.777. The van der Waals surface area contributed by atoms with Gasteiger partial charge in [0, 0.05) is 56.4 Å². The Kier molecular flexibility index (Phi) is 6.06. The first-order valence-electron chi connectivity index (χ1n) is 11.9. The summed E-state index contributed by atoms with van der Waals surface area (Å²) in [7, 11) is 0. The molecular formula is C26H30FN3O3. The topological polar surface area (TPSA) is 64.1 Å². The van der Waals surface area contributed by atoms with Crippen LogP contribution in [0.25, 0.3) is 0 Å². The van der Waals surface area contributed by atoms with Gasteiger partial charge >= 0.3 is 0 Å². The maximum Gasteiger partial charge on any atom is 0.254 e. The van der Waals surface area contributed by atoms with E-state index in [0.29, 0.717) is 31.1 Å². The van der Waals surface area contributed by atoms with E-state index in [2.05, 4.69) is 4.90 Å². The molecule has 174 valence electrons. The van der Waals surface area contributed by atoms with Gasteiger partial charge in [0.05, 0.1) is 0 Å². The highest BCUT2D eigenvalue weighted by Crippen LogP contribution is 2.27. The van der Waals surface area contributed by atoms with Crippen molar-refractivity contribution >= 4 is 11.8 Å². The summed E-state index contributed by atoms with van der Waals surface area (Å²) in [5, 5.41) is 9.59. The Hall–Kier alpha value is -2.93. The largest absolute Gasteiger partial charge is 0.505 e. The SMILES string of the molecule is O=C(c1ccc2c(c1)CCN(C(=O)c1ccc(F)c(O)c1)C2)N1CCCN(C2CCC2)CC1. The van der Waals surface area contributed by atoms with Gasteiger partial charge in [-0.1, -0.05) is 12.5 Å². The van der Waals surface area contributed by atoms with Gasteiger partial charge in [0.1, 0.15) is 0 Å². The number of aromatic hydroxyl groups is 1. The molecule has 0 unspecified atom stereocenters. The normalized spacial score (nSPS) is 19.5. The zero-order chi connectivity index (χ0) is 22.9. The lowest BCUT2D eigenvalue weighted by Crippen LogP contribution is -2.42. The van der Waals surface area contributed by atoms with Crippen LogP contribution in [0.4, 0.5) is 4.39 Å². The lowest BCUT2D eigenvalue weighted by atomic mass is 9.91. The van der Waals surface area contributed by atoms with Crippen molar-refractivity contribution in [3.05, 3.63) is 64.5 Å². The second-order valence-electron chi connectivity index (χ2n) is 9.39. The molecule has 2 aromatic carbocycles. The van der Waals surface area contributed by atoms with Gasteiger partial charge in [-0.25, -0.2) is 4.39 Å². The van der Waals surface area contributed by atoms with Crippen LogP contribution in [0.2, 0.25) is 0 Å². The van der Waals surface area contributed by atoms with E-state index in [1.807, 2.05) is 23.1 Å². The van der Waals surface area contributed by atoms with Gasteiger partial charge < -0.3 is 14.9 Å². The zero-order valence-corrected chi connectivity index (χ0v) is 18.8. The van der Waals surface area contributed by atoms with E-state index in [9.17, 15) is 19.1 Å². The Balaban J connectivity index is 1.24. The van der Waals surface area contributed by atoms with Crippen molar-refractivity contribution in [1.29, 1.82) is 0 Å². The van der Waals surface area contributed by atoms with Crippen LogP contribution in [-0.2, 0) is 13.0 Å². The molecule has 33 heavy (non-hydrogen) atoms. The van der Waals surface area contributed by atoms with Crippen LogP contribution in [0.3, 0.4) is 0 Å². The molecule has 0 aromatic heterocycles. The van der Waals surface area contributed by atoms with E-state index in [1.165, 1.54) is 31.4 Å². The fourth-order valence-electron chi connectivity index (χ4n) is 5.13. The van der Waals surface area contributed by atoms with Crippen molar-refractivity contribution in [3.63, 3.8) is 0 Å². The van der Waals surface area contributed by atoms with Gasteiger partial charge in [0.2, 0.25) is 0 Å². The molecule has 2 heterocycles. The Morgan fingerprint density at radius 2 is 1.58 bits per heavy atom. The van der Waals surface area contributed by atoms with Crippen molar-refractivity contribution in [1.82, 2.24) is 14.7 Å². The minimum atomic E-state index is -0.743. The van der Waals surface area contributed by atoms with Crippen molar-refractivity contribution < 1.29 is 19.1 Å². The number of phenolic OH excluding ortho intramolecular Hbond substituents is 1. The average molecular weight is 452 g/mol. The molecule has 1 aliphatic carbocycles. The minimum Gasteiger partial charge on any atom is -0.505 e. The van der Waals surface area contributed by atoms with Crippen molar-refractivity contribution in [2.75, 3.05) is 32.7 Å². The fourth-order valence-corrected chi connectivity index (χ4v) is 5.13. The molecule has 2 fully saturated rings. The van der Waals surface area contributed by atoms with E-state index >= 15 is 0 Å². The molecule has 1 N–H and O–H groups in total. The van der Waals surface area contributed by atoms with Crippen LogP contribution >= 0.6 is 0 Å². The first kappa shape index (κ1) is 21.9. The lowest BCUT2D eigenvalue weighted by molar-refractivity contribution is 0.0727. The number of carbonyl (C=O) groups is 2. The maximum absolute atomic E-state index is 13.3. The smallest absolute Gasteiger partial charge is 0.254 e. The summed E-state index contributed by atoms with van der Waals surface area (Å²) in [4.78, 5) is 32.3. The highest BCUT2D eigenvalue weighted by atomic mass is 19.1. The third-order valence-corrected chi connectivity index (χ3v) is 7.35. The van der Waals surface area contributed by atoms with E-state index in [1.54, 1.807) is 4.90 Å². The first-order valence-corrected chi connectivity index (χ1v) is 11.9. The molecule has 0 radical (unpaired) electrons. The molecule has 0 bridgehead atoms. The third kappa shape index (κ3) is 4.47. The van der Waals surface area contributed by atoms with E-state index in [0.717, 1.165) is 49.8 Å². The molecule has 2 aliphatic heterocycles. The molecule has 7 heteroatoms. The molecule has 6 nitrogen and oxygen atoms in total. The standard InChI is InChI=1S/C26H30FN3O3/c27-23-8-7-20(16-24(23)31)26(33)30-12-9-18-15-19(5-6-21(18)17-30)25(32)29-11-2-10-28(13-14-29)22-3-1-4-22/h5-8,15-16,22,31H,1-4,9-14,17H2. The van der Waals surface area contributed by atoms with E-state index in [4.69, 9.17) is 0 Å². The number of hydrogen-bond donors (Lipinski definition) is 1. The van der Waals surface area contributed by atoms with Gasteiger partial charge in [0.15, 0.2) is 11.6 Å². The number of carbonyl (C=O) groups excluding carboxylic acids is 2. The van der Waals surface area contributed by atoms with Crippen LogP contribution < -0.4 is 0 Å². The Morgan fingerprint density at radius 3 is 2.33 bits per heavy atom. The second-order valence-corrected chi connectivity index (χ2v) is 9.39. The van der Waals surface area contributed by atoms with Crippen LogP contribution in [0.15, 0.2) is 36.4 Å². The summed E-state index contributed by atoms with van der Waals surface area (Å²) in [6.45, 7) is 4.55. The molecule has 1 saturated carbocycles. The number of phenols is 1. The zero-order valence-electron chi connectivity index (χ0n) is 18.8. The number of fused-ring (bicyclic) bond motifs is 1. The van der Waals surface area contributed by atoms with Crippen LogP contribution in [0, 0.1) is 5.82 Å². The van der Waals surface area contributed by atoms with E-state index < -0.39 is 11.6 Å².